The van der Waals surface area contributed by atoms with Gasteiger partial charge in [0.25, 0.3) is 17.1 Å². The fraction of sp³-hybridized carbons (Fsp3) is 0.200. The second-order valence-electron chi connectivity index (χ2n) is 5.67. The first-order valence-corrected chi connectivity index (χ1v) is 8.25. The fourth-order valence-electron chi connectivity index (χ4n) is 2.43. The van der Waals surface area contributed by atoms with Crippen LogP contribution in [-0.2, 0) is 6.18 Å². The molecule has 2 aromatic carbocycles. The number of nitrogens with one attached hydrogen (secondary N) is 2. The highest BCUT2D eigenvalue weighted by Crippen LogP contribution is 2.41. The Bertz CT molecular complexity index is 982. The summed E-state index contributed by atoms with van der Waals surface area (Å²) in [5, 5.41) is 38.4. The number of alkyl halides is 3. The van der Waals surface area contributed by atoms with Crippen LogP contribution in [0.15, 0.2) is 30.3 Å². The van der Waals surface area contributed by atoms with Gasteiger partial charge in [0.1, 0.15) is 5.69 Å². The van der Waals surface area contributed by atoms with Crippen molar-refractivity contribution < 1.29 is 27.9 Å². The van der Waals surface area contributed by atoms with Gasteiger partial charge in [-0.1, -0.05) is 11.6 Å². The Morgan fingerprint density at radius 2 is 1.33 bits per heavy atom. The van der Waals surface area contributed by atoms with Gasteiger partial charge in [-0.05, 0) is 12.1 Å². The standard InChI is InChI=1S/C15H11ClF3N5O6/c16-9-1-2-10(11(7-9)22(25)26)20-3-4-21-14-12(23(27)28)5-8(15(17,18)19)6-13(14)24(29)30/h1-2,5-7,20-21H,3-4H2. The van der Waals surface area contributed by atoms with Gasteiger partial charge in [0.15, 0.2) is 5.69 Å². The van der Waals surface area contributed by atoms with Crippen LogP contribution in [0.4, 0.5) is 41.6 Å². The van der Waals surface area contributed by atoms with Crippen molar-refractivity contribution in [1.29, 1.82) is 0 Å². The lowest BCUT2D eigenvalue weighted by Gasteiger charge is -2.12. The molecule has 0 saturated heterocycles. The molecule has 0 fully saturated rings. The largest absolute Gasteiger partial charge is 0.416 e. The molecular weight excluding hydrogens is 439 g/mol. The maximum Gasteiger partial charge on any atom is 0.416 e. The number of rotatable bonds is 8. The summed E-state index contributed by atoms with van der Waals surface area (Å²) in [5.74, 6) is 0. The number of hydrogen-bond acceptors (Lipinski definition) is 8. The van der Waals surface area contributed by atoms with Gasteiger partial charge < -0.3 is 10.6 Å². The first kappa shape index (κ1) is 22.6. The molecule has 0 radical (unpaired) electrons. The van der Waals surface area contributed by atoms with Gasteiger partial charge in [-0.3, -0.25) is 30.3 Å². The number of hydrogen-bond donors (Lipinski definition) is 2. The normalized spacial score (nSPS) is 11.1. The van der Waals surface area contributed by atoms with Crippen molar-refractivity contribution >= 4 is 40.0 Å². The van der Waals surface area contributed by atoms with Crippen molar-refractivity contribution in [2.45, 2.75) is 6.18 Å². The second kappa shape index (κ2) is 8.77. The van der Waals surface area contributed by atoms with Crippen LogP contribution in [-0.4, -0.2) is 27.9 Å². The van der Waals surface area contributed by atoms with Crippen LogP contribution >= 0.6 is 11.6 Å². The molecule has 0 aromatic heterocycles. The molecule has 0 atom stereocenters. The molecule has 2 rings (SSSR count). The molecule has 0 aliphatic heterocycles. The summed E-state index contributed by atoms with van der Waals surface area (Å²) in [4.78, 5) is 30.3. The van der Waals surface area contributed by atoms with E-state index >= 15 is 0 Å². The molecule has 2 aromatic rings. The Morgan fingerprint density at radius 1 is 0.833 bits per heavy atom. The average Bonchev–Trinajstić information content (AvgIpc) is 2.64. The van der Waals surface area contributed by atoms with Crippen LogP contribution in [0.25, 0.3) is 0 Å². The number of nitrogens with zero attached hydrogens (tertiary/aromatic N) is 3. The predicted octanol–water partition coefficient (Wildman–Crippen LogP) is 4.61. The lowest BCUT2D eigenvalue weighted by molar-refractivity contribution is -0.392. The van der Waals surface area contributed by atoms with Crippen LogP contribution in [0, 0.1) is 30.3 Å². The third-order valence-electron chi connectivity index (χ3n) is 3.72. The minimum absolute atomic E-state index is 0.0580. The molecule has 0 saturated carbocycles. The quantitative estimate of drug-likeness (QED) is 0.336. The van der Waals surface area contributed by atoms with Crippen LogP contribution in [0.1, 0.15) is 5.56 Å². The zero-order valence-corrected chi connectivity index (χ0v) is 15.4. The summed E-state index contributed by atoms with van der Waals surface area (Å²) in [6.45, 7) is -0.357. The molecule has 0 bridgehead atoms. The van der Waals surface area contributed by atoms with E-state index in [2.05, 4.69) is 10.6 Å². The van der Waals surface area contributed by atoms with Crippen LogP contribution in [0.3, 0.4) is 0 Å². The van der Waals surface area contributed by atoms with Gasteiger partial charge >= 0.3 is 6.18 Å². The Kier molecular flexibility index (Phi) is 6.61. The summed E-state index contributed by atoms with van der Waals surface area (Å²) in [6.07, 6.45) is -5.02. The van der Waals surface area contributed by atoms with Crippen molar-refractivity contribution in [1.82, 2.24) is 0 Å². The van der Waals surface area contributed by atoms with Gasteiger partial charge in [0, 0.05) is 36.3 Å². The van der Waals surface area contributed by atoms with E-state index in [4.69, 9.17) is 11.6 Å². The second-order valence-corrected chi connectivity index (χ2v) is 6.11. The molecule has 11 nitrogen and oxygen atoms in total. The van der Waals surface area contributed by atoms with Gasteiger partial charge in [0.2, 0.25) is 0 Å². The zero-order chi connectivity index (χ0) is 22.6. The SMILES string of the molecule is O=[N+]([O-])c1cc(Cl)ccc1NCCNc1c([N+](=O)[O-])cc(C(F)(F)F)cc1[N+](=O)[O-]. The summed E-state index contributed by atoms with van der Waals surface area (Å²) < 4.78 is 38.7. The van der Waals surface area contributed by atoms with Crippen molar-refractivity contribution in [2.75, 3.05) is 23.7 Å². The highest BCUT2D eigenvalue weighted by atomic mass is 35.5. The fourth-order valence-corrected chi connectivity index (χ4v) is 2.60. The molecule has 0 heterocycles. The summed E-state index contributed by atoms with van der Waals surface area (Å²) in [5.41, 5.74) is -4.81. The Morgan fingerprint density at radius 3 is 1.80 bits per heavy atom. The first-order chi connectivity index (χ1) is 13.9. The summed E-state index contributed by atoms with van der Waals surface area (Å²) >= 11 is 5.69. The molecule has 160 valence electrons. The lowest BCUT2D eigenvalue weighted by atomic mass is 10.1. The van der Waals surface area contributed by atoms with E-state index in [-0.39, 0.29) is 41.6 Å². The number of nitro groups is 3. The van der Waals surface area contributed by atoms with E-state index < -0.39 is 43.6 Å². The van der Waals surface area contributed by atoms with Crippen LogP contribution < -0.4 is 10.6 Å². The molecule has 0 spiro atoms. The van der Waals surface area contributed by atoms with E-state index in [0.29, 0.717) is 0 Å². The average molecular weight is 450 g/mol. The Hall–Kier alpha value is -3.68. The molecule has 0 unspecified atom stereocenters. The van der Waals surface area contributed by atoms with Crippen molar-refractivity contribution in [3.8, 4) is 0 Å². The van der Waals surface area contributed by atoms with Gasteiger partial charge in [0.05, 0.1) is 20.3 Å². The first-order valence-electron chi connectivity index (χ1n) is 7.87. The smallest absolute Gasteiger partial charge is 0.378 e. The number of halogens is 4. The minimum Gasteiger partial charge on any atom is -0.378 e. The van der Waals surface area contributed by atoms with Crippen molar-refractivity contribution in [3.05, 3.63) is 71.3 Å². The van der Waals surface area contributed by atoms with Crippen molar-refractivity contribution in [3.63, 3.8) is 0 Å². The molecule has 30 heavy (non-hydrogen) atoms. The van der Waals surface area contributed by atoms with Crippen LogP contribution in [0.2, 0.25) is 5.02 Å². The van der Waals surface area contributed by atoms with Crippen molar-refractivity contribution in [2.24, 2.45) is 0 Å². The topological polar surface area (TPSA) is 153 Å². The molecular formula is C15H11ClF3N5O6. The van der Waals surface area contributed by atoms with E-state index in [1.165, 1.54) is 12.1 Å². The summed E-state index contributed by atoms with van der Waals surface area (Å²) in [7, 11) is 0. The maximum absolute atomic E-state index is 12.9. The number of anilines is 2. The highest BCUT2D eigenvalue weighted by Gasteiger charge is 2.37. The summed E-state index contributed by atoms with van der Waals surface area (Å²) in [6, 6.07) is 4.14. The molecule has 0 aliphatic rings. The zero-order valence-electron chi connectivity index (χ0n) is 14.6. The minimum atomic E-state index is -5.02. The third kappa shape index (κ3) is 5.22. The van der Waals surface area contributed by atoms with E-state index in [1.54, 1.807) is 0 Å². The molecule has 2 N–H and O–H groups in total. The van der Waals surface area contributed by atoms with Gasteiger partial charge in [-0.2, -0.15) is 13.2 Å². The predicted molar refractivity (Wildman–Crippen MR) is 99.8 cm³/mol. The van der Waals surface area contributed by atoms with Gasteiger partial charge in [-0.15, -0.1) is 0 Å². The molecule has 0 aliphatic carbocycles. The monoisotopic (exact) mass is 449 g/mol. The third-order valence-corrected chi connectivity index (χ3v) is 3.95. The molecule has 0 amide bonds. The van der Waals surface area contributed by atoms with E-state index in [1.807, 2.05) is 0 Å². The van der Waals surface area contributed by atoms with Gasteiger partial charge in [-0.25, -0.2) is 0 Å². The van der Waals surface area contributed by atoms with E-state index in [0.717, 1.165) is 6.07 Å². The molecule has 15 heteroatoms. The van der Waals surface area contributed by atoms with Crippen LogP contribution in [0.5, 0.6) is 0 Å². The Labute approximate surface area is 169 Å². The number of nitro benzene ring substituents is 3. The highest BCUT2D eigenvalue weighted by molar-refractivity contribution is 6.30. The maximum atomic E-state index is 12.9. The number of benzene rings is 2. The Balaban J connectivity index is 2.26. The van der Waals surface area contributed by atoms with E-state index in [9.17, 15) is 43.5 Å². The lowest BCUT2D eigenvalue weighted by Crippen LogP contribution is -2.17.